The summed E-state index contributed by atoms with van der Waals surface area (Å²) in [5.41, 5.74) is 2.67. The Bertz CT molecular complexity index is 925. The van der Waals surface area contributed by atoms with E-state index in [0.717, 1.165) is 11.1 Å². The molecule has 0 aliphatic rings. The molecule has 2 atom stereocenters. The smallest absolute Gasteiger partial charge is 0.321 e. The van der Waals surface area contributed by atoms with Crippen LogP contribution in [0.25, 0.3) is 10.4 Å². The van der Waals surface area contributed by atoms with Gasteiger partial charge in [0.05, 0.1) is 0 Å². The summed E-state index contributed by atoms with van der Waals surface area (Å²) < 4.78 is 0. The topological polar surface area (TPSA) is 66.4 Å². The Morgan fingerprint density at radius 1 is 1.00 bits per heavy atom. The van der Waals surface area contributed by atoms with Crippen molar-refractivity contribution in [3.8, 4) is 10.4 Å². The Hall–Kier alpha value is -2.41. The van der Waals surface area contributed by atoms with Crippen LogP contribution in [0, 0.1) is 5.92 Å². The van der Waals surface area contributed by atoms with Crippen molar-refractivity contribution in [1.82, 2.24) is 5.32 Å². The van der Waals surface area contributed by atoms with Gasteiger partial charge in [-0.15, -0.1) is 11.3 Å². The van der Waals surface area contributed by atoms with Crippen molar-refractivity contribution in [3.63, 3.8) is 0 Å². The molecular weight excluding hydrogens is 402 g/mol. The molecule has 6 heteroatoms. The van der Waals surface area contributed by atoms with Crippen LogP contribution in [0.4, 0.5) is 0 Å². The van der Waals surface area contributed by atoms with E-state index >= 15 is 0 Å². The maximum Gasteiger partial charge on any atom is 0.321 e. The SMILES string of the molecule is O=C(c1ccccc1)C(CS)CN[C@@H](Cc1ccc(-c2cccs2)cc1)C(=O)O. The molecule has 0 aliphatic heterocycles. The van der Waals surface area contributed by atoms with Crippen LogP contribution in [0.1, 0.15) is 15.9 Å². The third kappa shape index (κ3) is 5.79. The van der Waals surface area contributed by atoms with E-state index in [2.05, 4.69) is 24.0 Å². The van der Waals surface area contributed by atoms with Gasteiger partial charge in [0.15, 0.2) is 5.78 Å². The van der Waals surface area contributed by atoms with E-state index in [4.69, 9.17) is 0 Å². The quantitative estimate of drug-likeness (QED) is 0.332. The predicted molar refractivity (Wildman–Crippen MR) is 121 cm³/mol. The lowest BCUT2D eigenvalue weighted by Gasteiger charge is -2.19. The Morgan fingerprint density at radius 2 is 1.72 bits per heavy atom. The first-order valence-corrected chi connectivity index (χ1v) is 10.9. The molecule has 3 rings (SSSR count). The molecule has 0 spiro atoms. The summed E-state index contributed by atoms with van der Waals surface area (Å²) in [6.07, 6.45) is 0.346. The average Bonchev–Trinajstić information content (AvgIpc) is 3.29. The van der Waals surface area contributed by atoms with Crippen LogP contribution in [0.15, 0.2) is 72.1 Å². The van der Waals surface area contributed by atoms with E-state index in [-0.39, 0.29) is 18.2 Å². The number of benzene rings is 2. The summed E-state index contributed by atoms with van der Waals surface area (Å²) in [7, 11) is 0. The van der Waals surface area contributed by atoms with Crippen molar-refractivity contribution in [3.05, 3.63) is 83.2 Å². The van der Waals surface area contributed by atoms with Gasteiger partial charge in [-0.2, -0.15) is 12.6 Å². The lowest BCUT2D eigenvalue weighted by atomic mass is 9.98. The number of carboxylic acids is 1. The fraction of sp³-hybridized carbons (Fsp3) is 0.217. The van der Waals surface area contributed by atoms with Crippen LogP contribution < -0.4 is 5.32 Å². The lowest BCUT2D eigenvalue weighted by molar-refractivity contribution is -0.139. The molecule has 29 heavy (non-hydrogen) atoms. The highest BCUT2D eigenvalue weighted by molar-refractivity contribution is 7.80. The zero-order valence-corrected chi connectivity index (χ0v) is 17.5. The minimum absolute atomic E-state index is 0.0301. The van der Waals surface area contributed by atoms with Crippen LogP contribution >= 0.6 is 24.0 Å². The molecule has 2 aromatic carbocycles. The summed E-state index contributed by atoms with van der Waals surface area (Å²) >= 11 is 5.96. The number of thiol groups is 1. The second kappa shape index (κ2) is 10.4. The molecular formula is C23H23NO3S2. The molecule has 3 aromatic rings. The Labute approximate surface area is 180 Å². The van der Waals surface area contributed by atoms with Crippen molar-refractivity contribution < 1.29 is 14.7 Å². The number of ketones is 1. The Morgan fingerprint density at radius 3 is 2.31 bits per heavy atom. The van der Waals surface area contributed by atoms with Gasteiger partial charge in [-0.05, 0) is 29.0 Å². The van der Waals surface area contributed by atoms with Crippen LogP contribution in [0.5, 0.6) is 0 Å². The van der Waals surface area contributed by atoms with Gasteiger partial charge in [0, 0.05) is 28.7 Å². The van der Waals surface area contributed by atoms with Gasteiger partial charge in [0.2, 0.25) is 0 Å². The number of nitrogens with one attached hydrogen (secondary N) is 1. The van der Waals surface area contributed by atoms with E-state index < -0.39 is 12.0 Å². The molecule has 0 aliphatic carbocycles. The van der Waals surface area contributed by atoms with Gasteiger partial charge in [0.25, 0.3) is 0 Å². The maximum atomic E-state index is 12.6. The van der Waals surface area contributed by atoms with E-state index in [1.165, 1.54) is 4.88 Å². The van der Waals surface area contributed by atoms with Crippen molar-refractivity contribution in [2.45, 2.75) is 12.5 Å². The Balaban J connectivity index is 1.62. The molecule has 1 heterocycles. The second-order valence-electron chi connectivity index (χ2n) is 6.79. The van der Waals surface area contributed by atoms with Crippen LogP contribution in [-0.4, -0.2) is 35.2 Å². The summed E-state index contributed by atoms with van der Waals surface area (Å²) in [5.74, 6) is -0.999. The largest absolute Gasteiger partial charge is 0.480 e. The summed E-state index contributed by atoms with van der Waals surface area (Å²) in [6.45, 7) is 0.265. The van der Waals surface area contributed by atoms with Crippen molar-refractivity contribution in [2.24, 2.45) is 5.92 Å². The highest BCUT2D eigenvalue weighted by atomic mass is 32.1. The van der Waals surface area contributed by atoms with Gasteiger partial charge < -0.3 is 10.4 Å². The van der Waals surface area contributed by atoms with Gasteiger partial charge in [0.1, 0.15) is 6.04 Å². The first-order valence-electron chi connectivity index (χ1n) is 9.37. The monoisotopic (exact) mass is 425 g/mol. The Kier molecular flexibility index (Phi) is 7.63. The number of Topliss-reactive ketones (excluding diaryl/α,β-unsaturated/α-hetero) is 1. The number of aliphatic carboxylic acids is 1. The number of hydrogen-bond acceptors (Lipinski definition) is 5. The molecule has 0 saturated carbocycles. The fourth-order valence-electron chi connectivity index (χ4n) is 3.09. The normalized spacial score (nSPS) is 13.0. The number of thiophene rings is 1. The van der Waals surface area contributed by atoms with E-state index in [1.54, 1.807) is 23.5 Å². The summed E-state index contributed by atoms with van der Waals surface area (Å²) in [6, 6.07) is 20.2. The van der Waals surface area contributed by atoms with E-state index in [1.807, 2.05) is 53.9 Å². The molecule has 0 bridgehead atoms. The zero-order chi connectivity index (χ0) is 20.6. The number of carbonyl (C=O) groups excluding carboxylic acids is 1. The first kappa shape index (κ1) is 21.3. The highest BCUT2D eigenvalue weighted by Crippen LogP contribution is 2.25. The van der Waals surface area contributed by atoms with Crippen molar-refractivity contribution in [1.29, 1.82) is 0 Å². The van der Waals surface area contributed by atoms with Crippen molar-refractivity contribution in [2.75, 3.05) is 12.3 Å². The average molecular weight is 426 g/mol. The summed E-state index contributed by atoms with van der Waals surface area (Å²) in [5, 5.41) is 14.7. The third-order valence-electron chi connectivity index (χ3n) is 4.76. The van der Waals surface area contributed by atoms with E-state index in [9.17, 15) is 14.7 Å². The molecule has 0 amide bonds. The second-order valence-corrected chi connectivity index (χ2v) is 8.10. The van der Waals surface area contributed by atoms with Gasteiger partial charge in [-0.3, -0.25) is 9.59 Å². The van der Waals surface area contributed by atoms with E-state index in [0.29, 0.717) is 17.7 Å². The molecule has 1 aromatic heterocycles. The standard InChI is InChI=1S/C23H23NO3S2/c25-22(18-5-2-1-3-6-18)19(15-28)14-24-20(23(26)27)13-16-8-10-17(11-9-16)21-7-4-12-29-21/h1-12,19-20,24,28H,13-15H2,(H,26,27)/t19?,20-/m0/s1. The molecule has 4 nitrogen and oxygen atoms in total. The third-order valence-corrected chi connectivity index (χ3v) is 6.12. The minimum Gasteiger partial charge on any atom is -0.480 e. The summed E-state index contributed by atoms with van der Waals surface area (Å²) in [4.78, 5) is 25.5. The number of hydrogen-bond donors (Lipinski definition) is 3. The number of carboxylic acid groups (broad SMARTS) is 1. The van der Waals surface area contributed by atoms with Gasteiger partial charge in [-0.1, -0.05) is 60.7 Å². The first-order chi connectivity index (χ1) is 14.1. The zero-order valence-electron chi connectivity index (χ0n) is 15.8. The molecule has 2 N–H and O–H groups in total. The number of rotatable bonds is 10. The van der Waals surface area contributed by atoms with Gasteiger partial charge >= 0.3 is 5.97 Å². The predicted octanol–water partition coefficient (Wildman–Crippen LogP) is 4.43. The van der Waals surface area contributed by atoms with Crippen LogP contribution in [0.2, 0.25) is 0 Å². The molecule has 150 valence electrons. The molecule has 1 unspecified atom stereocenters. The number of carbonyl (C=O) groups is 2. The molecule has 0 radical (unpaired) electrons. The van der Waals surface area contributed by atoms with Gasteiger partial charge in [-0.25, -0.2) is 0 Å². The lowest BCUT2D eigenvalue weighted by Crippen LogP contribution is -2.43. The molecule has 0 saturated heterocycles. The maximum absolute atomic E-state index is 12.6. The minimum atomic E-state index is -0.933. The fourth-order valence-corrected chi connectivity index (χ4v) is 4.12. The molecule has 0 fully saturated rings. The van der Waals surface area contributed by atoms with Crippen molar-refractivity contribution >= 4 is 35.7 Å². The van der Waals surface area contributed by atoms with Crippen LogP contribution in [0.3, 0.4) is 0 Å². The highest BCUT2D eigenvalue weighted by Gasteiger charge is 2.23. The van der Waals surface area contributed by atoms with Crippen LogP contribution in [-0.2, 0) is 11.2 Å².